The van der Waals surface area contributed by atoms with Crippen LogP contribution < -0.4 is 11.1 Å². The Bertz CT molecular complexity index is 405. The van der Waals surface area contributed by atoms with Crippen LogP contribution in [0.25, 0.3) is 0 Å². The van der Waals surface area contributed by atoms with E-state index in [1.807, 2.05) is 14.0 Å². The van der Waals surface area contributed by atoms with Gasteiger partial charge < -0.3 is 11.1 Å². The molecule has 0 saturated heterocycles. The van der Waals surface area contributed by atoms with Crippen LogP contribution in [0.3, 0.4) is 0 Å². The number of carbonyl (C=O) groups excluding carboxylic acids is 1. The molecule has 0 unspecified atom stereocenters. The number of nitrogens with one attached hydrogen (secondary N) is 1. The standard InChI is InChI=1S/C12H20N4O/c1-8-11(7-16(2)15-8)12(17)14-10-5-3-9(13)4-6-10/h7,9-10H,3-6,13H2,1-2H3,(H,14,17). The Labute approximate surface area is 101 Å². The van der Waals surface area contributed by atoms with Crippen molar-refractivity contribution in [3.05, 3.63) is 17.5 Å². The number of amides is 1. The Morgan fingerprint density at radius 2 is 2.12 bits per heavy atom. The zero-order valence-electron chi connectivity index (χ0n) is 10.4. The van der Waals surface area contributed by atoms with E-state index in [1.54, 1.807) is 10.9 Å². The first-order valence-electron chi connectivity index (χ1n) is 6.13. The second-order valence-electron chi connectivity index (χ2n) is 4.89. The van der Waals surface area contributed by atoms with Crippen molar-refractivity contribution < 1.29 is 4.79 Å². The van der Waals surface area contributed by atoms with E-state index < -0.39 is 0 Å². The van der Waals surface area contributed by atoms with Crippen LogP contribution in [-0.2, 0) is 7.05 Å². The fraction of sp³-hybridized carbons (Fsp3) is 0.667. The highest BCUT2D eigenvalue weighted by molar-refractivity contribution is 5.95. The normalized spacial score (nSPS) is 24.6. The van der Waals surface area contributed by atoms with Gasteiger partial charge in [0.05, 0.1) is 11.3 Å². The number of hydrogen-bond donors (Lipinski definition) is 2. The third-order valence-corrected chi connectivity index (χ3v) is 3.37. The van der Waals surface area contributed by atoms with Crippen molar-refractivity contribution in [1.82, 2.24) is 15.1 Å². The highest BCUT2D eigenvalue weighted by atomic mass is 16.1. The smallest absolute Gasteiger partial charge is 0.254 e. The van der Waals surface area contributed by atoms with Crippen molar-refractivity contribution in [2.24, 2.45) is 12.8 Å². The predicted octanol–water partition coefficient (Wildman–Crippen LogP) is 0.728. The largest absolute Gasteiger partial charge is 0.349 e. The first-order chi connectivity index (χ1) is 8.06. The molecule has 1 saturated carbocycles. The fourth-order valence-electron chi connectivity index (χ4n) is 2.35. The number of nitrogens with two attached hydrogens (primary N) is 1. The molecule has 0 aromatic carbocycles. The summed E-state index contributed by atoms with van der Waals surface area (Å²) in [5.41, 5.74) is 7.28. The Morgan fingerprint density at radius 3 is 2.65 bits per heavy atom. The monoisotopic (exact) mass is 236 g/mol. The van der Waals surface area contributed by atoms with E-state index in [4.69, 9.17) is 5.73 Å². The number of aromatic nitrogens is 2. The summed E-state index contributed by atoms with van der Waals surface area (Å²) in [4.78, 5) is 12.0. The number of carbonyl (C=O) groups is 1. The van der Waals surface area contributed by atoms with Crippen LogP contribution in [0, 0.1) is 6.92 Å². The average Bonchev–Trinajstić information content (AvgIpc) is 2.61. The lowest BCUT2D eigenvalue weighted by atomic mass is 9.91. The van der Waals surface area contributed by atoms with E-state index in [0.717, 1.165) is 31.4 Å². The van der Waals surface area contributed by atoms with Crippen LogP contribution in [0.4, 0.5) is 0 Å². The molecule has 0 aliphatic heterocycles. The molecule has 94 valence electrons. The van der Waals surface area contributed by atoms with E-state index in [0.29, 0.717) is 11.6 Å². The molecule has 5 nitrogen and oxygen atoms in total. The van der Waals surface area contributed by atoms with Gasteiger partial charge in [0.25, 0.3) is 5.91 Å². The van der Waals surface area contributed by atoms with Gasteiger partial charge >= 0.3 is 0 Å². The molecule has 1 aromatic heterocycles. The van der Waals surface area contributed by atoms with Crippen molar-refractivity contribution in [3.63, 3.8) is 0 Å². The summed E-state index contributed by atoms with van der Waals surface area (Å²) in [7, 11) is 1.82. The predicted molar refractivity (Wildman–Crippen MR) is 65.6 cm³/mol. The first-order valence-corrected chi connectivity index (χ1v) is 6.13. The van der Waals surface area contributed by atoms with Gasteiger partial charge in [-0.2, -0.15) is 5.10 Å². The van der Waals surface area contributed by atoms with Gasteiger partial charge in [0, 0.05) is 25.3 Å². The molecule has 1 aromatic rings. The SMILES string of the molecule is Cc1nn(C)cc1C(=O)NC1CCC(N)CC1. The Kier molecular flexibility index (Phi) is 3.47. The van der Waals surface area contributed by atoms with Crippen LogP contribution in [0.15, 0.2) is 6.20 Å². The van der Waals surface area contributed by atoms with Gasteiger partial charge in [0.2, 0.25) is 0 Å². The number of hydrogen-bond acceptors (Lipinski definition) is 3. The van der Waals surface area contributed by atoms with E-state index in [1.165, 1.54) is 0 Å². The van der Waals surface area contributed by atoms with Gasteiger partial charge in [-0.05, 0) is 32.6 Å². The third-order valence-electron chi connectivity index (χ3n) is 3.37. The van der Waals surface area contributed by atoms with Crippen molar-refractivity contribution >= 4 is 5.91 Å². The van der Waals surface area contributed by atoms with Crippen LogP contribution in [-0.4, -0.2) is 27.8 Å². The van der Waals surface area contributed by atoms with E-state index in [2.05, 4.69) is 10.4 Å². The molecule has 0 radical (unpaired) electrons. The van der Waals surface area contributed by atoms with Crippen molar-refractivity contribution in [1.29, 1.82) is 0 Å². The molecule has 1 aliphatic rings. The highest BCUT2D eigenvalue weighted by Gasteiger charge is 2.21. The minimum Gasteiger partial charge on any atom is -0.349 e. The second-order valence-corrected chi connectivity index (χ2v) is 4.89. The maximum Gasteiger partial charge on any atom is 0.254 e. The molecular formula is C12H20N4O. The summed E-state index contributed by atoms with van der Waals surface area (Å²) in [5, 5.41) is 7.24. The molecule has 1 fully saturated rings. The minimum atomic E-state index is -0.0175. The Hall–Kier alpha value is -1.36. The van der Waals surface area contributed by atoms with Crippen molar-refractivity contribution in [2.75, 3.05) is 0 Å². The molecule has 5 heteroatoms. The van der Waals surface area contributed by atoms with E-state index in [-0.39, 0.29) is 11.9 Å². The van der Waals surface area contributed by atoms with Gasteiger partial charge in [-0.15, -0.1) is 0 Å². The summed E-state index contributed by atoms with van der Waals surface area (Å²) >= 11 is 0. The number of rotatable bonds is 2. The fourth-order valence-corrected chi connectivity index (χ4v) is 2.35. The van der Waals surface area contributed by atoms with E-state index in [9.17, 15) is 4.79 Å². The molecule has 1 amide bonds. The Morgan fingerprint density at radius 1 is 1.47 bits per heavy atom. The van der Waals surface area contributed by atoms with Crippen LogP contribution in [0.2, 0.25) is 0 Å². The van der Waals surface area contributed by atoms with Gasteiger partial charge in [-0.1, -0.05) is 0 Å². The number of aryl methyl sites for hydroxylation is 2. The Balaban J connectivity index is 1.95. The molecule has 0 bridgehead atoms. The lowest BCUT2D eigenvalue weighted by Gasteiger charge is -2.26. The summed E-state index contributed by atoms with van der Waals surface area (Å²) < 4.78 is 1.67. The zero-order valence-corrected chi connectivity index (χ0v) is 10.4. The third kappa shape index (κ3) is 2.85. The maximum atomic E-state index is 12.0. The van der Waals surface area contributed by atoms with Crippen molar-refractivity contribution in [3.8, 4) is 0 Å². The quantitative estimate of drug-likeness (QED) is 0.795. The minimum absolute atomic E-state index is 0.0175. The molecule has 3 N–H and O–H groups in total. The van der Waals surface area contributed by atoms with Gasteiger partial charge in [0.1, 0.15) is 0 Å². The van der Waals surface area contributed by atoms with Gasteiger partial charge in [0.15, 0.2) is 0 Å². The van der Waals surface area contributed by atoms with Gasteiger partial charge in [-0.25, -0.2) is 0 Å². The van der Waals surface area contributed by atoms with Crippen molar-refractivity contribution in [2.45, 2.75) is 44.7 Å². The molecule has 17 heavy (non-hydrogen) atoms. The second kappa shape index (κ2) is 4.87. The molecule has 1 aliphatic carbocycles. The van der Waals surface area contributed by atoms with Crippen LogP contribution in [0.5, 0.6) is 0 Å². The molecule has 0 atom stereocenters. The molecule has 0 spiro atoms. The van der Waals surface area contributed by atoms with E-state index >= 15 is 0 Å². The first kappa shape index (κ1) is 12.1. The maximum absolute atomic E-state index is 12.0. The van der Waals surface area contributed by atoms with Gasteiger partial charge in [-0.3, -0.25) is 9.48 Å². The zero-order chi connectivity index (χ0) is 12.4. The summed E-state index contributed by atoms with van der Waals surface area (Å²) in [6, 6.07) is 0.574. The highest BCUT2D eigenvalue weighted by Crippen LogP contribution is 2.17. The molecule has 1 heterocycles. The lowest BCUT2D eigenvalue weighted by Crippen LogP contribution is -2.40. The molecular weight excluding hydrogens is 216 g/mol. The summed E-state index contributed by atoms with van der Waals surface area (Å²) in [6.45, 7) is 1.85. The number of nitrogens with zero attached hydrogens (tertiary/aromatic N) is 2. The summed E-state index contributed by atoms with van der Waals surface area (Å²) in [6.07, 6.45) is 5.71. The summed E-state index contributed by atoms with van der Waals surface area (Å²) in [5.74, 6) is -0.0175. The lowest BCUT2D eigenvalue weighted by molar-refractivity contribution is 0.0925. The molecule has 2 rings (SSSR count). The van der Waals surface area contributed by atoms with Crippen LogP contribution >= 0.6 is 0 Å². The topological polar surface area (TPSA) is 72.9 Å². The van der Waals surface area contributed by atoms with Crippen LogP contribution in [0.1, 0.15) is 41.7 Å². The average molecular weight is 236 g/mol.